The number of amides is 5. The maximum absolute atomic E-state index is 14.2. The summed E-state index contributed by atoms with van der Waals surface area (Å²) in [4.78, 5) is 57.2. The minimum absolute atomic E-state index is 0.0390. The van der Waals surface area contributed by atoms with Crippen LogP contribution < -0.4 is 14.2 Å². The van der Waals surface area contributed by atoms with Crippen molar-refractivity contribution in [2.24, 2.45) is 5.92 Å². The van der Waals surface area contributed by atoms with Gasteiger partial charge in [-0.1, -0.05) is 18.2 Å². The van der Waals surface area contributed by atoms with Crippen LogP contribution in [0.25, 0.3) is 0 Å². The topological polar surface area (TPSA) is 133 Å². The number of likely N-dealkylation sites (N-methyl/N-ethyl adjacent to an activating group) is 1. The number of imide groups is 2. The fourth-order valence-corrected chi connectivity index (χ4v) is 6.17. The molecule has 0 bridgehead atoms. The third-order valence-corrected chi connectivity index (χ3v) is 7.84. The van der Waals surface area contributed by atoms with Crippen LogP contribution in [-0.2, 0) is 9.59 Å². The van der Waals surface area contributed by atoms with Crippen LogP contribution in [0.15, 0.2) is 42.5 Å². The summed E-state index contributed by atoms with van der Waals surface area (Å²) in [5.41, 5.74) is -2.74. The number of urea groups is 1. The SMILES string of the molecule is COc1cc(OC)c([C@@H]2[C@@H](C#N)[C@]3(C(=O)N(C)C(=O)N3C(=O)c3ccccc3)N3C(=O)CC(C)(C)N23)c(OC)c1. The van der Waals surface area contributed by atoms with E-state index in [-0.39, 0.29) is 23.5 Å². The number of methoxy groups -OCH3 is 3. The summed E-state index contributed by atoms with van der Waals surface area (Å²) in [6.07, 6.45) is -0.0390. The molecule has 0 radical (unpaired) electrons. The fraction of sp³-hybridized carbons (Fsp3) is 0.393. The van der Waals surface area contributed by atoms with E-state index in [0.717, 1.165) is 14.8 Å². The molecule has 2 aromatic rings. The van der Waals surface area contributed by atoms with Gasteiger partial charge in [0.05, 0.1) is 39.0 Å². The molecule has 5 rings (SSSR count). The Morgan fingerprint density at radius 3 is 2.12 bits per heavy atom. The van der Waals surface area contributed by atoms with E-state index in [1.807, 2.05) is 0 Å². The van der Waals surface area contributed by atoms with Gasteiger partial charge in [-0.25, -0.2) is 19.7 Å². The van der Waals surface area contributed by atoms with E-state index < -0.39 is 46.9 Å². The maximum atomic E-state index is 14.2. The first-order valence-corrected chi connectivity index (χ1v) is 12.5. The molecule has 3 atom stereocenters. The molecule has 5 amide bonds. The van der Waals surface area contributed by atoms with Gasteiger partial charge in [0, 0.05) is 36.7 Å². The molecule has 3 aliphatic heterocycles. The highest BCUT2D eigenvalue weighted by Crippen LogP contribution is 2.60. The number of rotatable bonds is 5. The van der Waals surface area contributed by atoms with E-state index >= 15 is 0 Å². The molecule has 1 spiro atoms. The molecular formula is C28H29N5O7. The molecule has 2 aromatic carbocycles. The number of hydrogen-bond acceptors (Lipinski definition) is 9. The van der Waals surface area contributed by atoms with Gasteiger partial charge in [-0.2, -0.15) is 5.26 Å². The lowest BCUT2D eigenvalue weighted by Crippen LogP contribution is -2.65. The van der Waals surface area contributed by atoms with Crippen molar-refractivity contribution in [1.29, 1.82) is 5.26 Å². The van der Waals surface area contributed by atoms with Crippen LogP contribution in [0.2, 0.25) is 0 Å². The third-order valence-electron chi connectivity index (χ3n) is 7.84. The van der Waals surface area contributed by atoms with E-state index in [2.05, 4.69) is 6.07 Å². The molecule has 40 heavy (non-hydrogen) atoms. The maximum Gasteiger partial charge on any atom is 0.336 e. The van der Waals surface area contributed by atoms with Crippen molar-refractivity contribution in [1.82, 2.24) is 19.8 Å². The summed E-state index contributed by atoms with van der Waals surface area (Å²) in [6.45, 7) is 3.59. The molecule has 208 valence electrons. The van der Waals surface area contributed by atoms with Crippen molar-refractivity contribution >= 4 is 23.8 Å². The standard InChI is InChI=1S/C28H29N5O7/c1-27(2)14-21(34)32-28(25(36)30(3)26(37)31(28)24(35)16-10-8-7-9-11-16)18(15-29)23(33(27)32)22-19(39-5)12-17(38-4)13-20(22)40-6/h7-13,18,23H,14H2,1-6H3/t18-,23+,28-/m1/s1. The Morgan fingerprint density at radius 2 is 1.60 bits per heavy atom. The number of fused-ring (bicyclic) bond motifs is 2. The summed E-state index contributed by atoms with van der Waals surface area (Å²) in [7, 11) is 5.58. The van der Waals surface area contributed by atoms with Gasteiger partial charge in [-0.15, -0.1) is 0 Å². The van der Waals surface area contributed by atoms with Crippen LogP contribution in [0.1, 0.15) is 42.2 Å². The van der Waals surface area contributed by atoms with Gasteiger partial charge in [0.1, 0.15) is 23.2 Å². The van der Waals surface area contributed by atoms with E-state index in [0.29, 0.717) is 11.3 Å². The van der Waals surface area contributed by atoms with Crippen LogP contribution in [0, 0.1) is 17.2 Å². The zero-order chi connectivity index (χ0) is 29.1. The van der Waals surface area contributed by atoms with Crippen molar-refractivity contribution in [3.63, 3.8) is 0 Å². The van der Waals surface area contributed by atoms with Crippen molar-refractivity contribution in [2.75, 3.05) is 28.4 Å². The highest BCUT2D eigenvalue weighted by atomic mass is 16.5. The Morgan fingerprint density at radius 1 is 1.00 bits per heavy atom. The fourth-order valence-electron chi connectivity index (χ4n) is 6.17. The molecule has 0 aromatic heterocycles. The van der Waals surface area contributed by atoms with E-state index in [1.165, 1.54) is 40.5 Å². The Labute approximate surface area is 231 Å². The van der Waals surface area contributed by atoms with E-state index in [9.17, 15) is 24.4 Å². The quantitative estimate of drug-likeness (QED) is 0.518. The number of ether oxygens (including phenoxy) is 3. The molecule has 3 saturated heterocycles. The van der Waals surface area contributed by atoms with Gasteiger partial charge >= 0.3 is 6.03 Å². The summed E-state index contributed by atoms with van der Waals surface area (Å²) < 4.78 is 16.8. The summed E-state index contributed by atoms with van der Waals surface area (Å²) in [6, 6.07) is 11.4. The first-order chi connectivity index (χ1) is 19.0. The molecule has 12 nitrogen and oxygen atoms in total. The average Bonchev–Trinajstić information content (AvgIpc) is 3.47. The molecular weight excluding hydrogens is 518 g/mol. The third kappa shape index (κ3) is 3.34. The largest absolute Gasteiger partial charge is 0.496 e. The highest BCUT2D eigenvalue weighted by Gasteiger charge is 2.78. The molecule has 0 saturated carbocycles. The second-order valence-corrected chi connectivity index (χ2v) is 10.4. The van der Waals surface area contributed by atoms with Gasteiger partial charge in [-0.3, -0.25) is 19.3 Å². The van der Waals surface area contributed by atoms with E-state index in [4.69, 9.17) is 14.2 Å². The average molecular weight is 548 g/mol. The first-order valence-electron chi connectivity index (χ1n) is 12.5. The van der Waals surface area contributed by atoms with Crippen LogP contribution in [-0.4, -0.2) is 83.1 Å². The molecule has 0 N–H and O–H groups in total. The predicted octanol–water partition coefficient (Wildman–Crippen LogP) is 2.57. The number of hydrazine groups is 1. The summed E-state index contributed by atoms with van der Waals surface area (Å²) in [5, 5.41) is 13.5. The Bertz CT molecular complexity index is 1440. The lowest BCUT2D eigenvalue weighted by atomic mass is 9.81. The number of carbonyl (C=O) groups is 4. The molecule has 3 heterocycles. The lowest BCUT2D eigenvalue weighted by Gasteiger charge is -2.40. The Balaban J connectivity index is 1.85. The van der Waals surface area contributed by atoms with Gasteiger partial charge < -0.3 is 14.2 Å². The van der Waals surface area contributed by atoms with Crippen LogP contribution in [0.5, 0.6) is 17.2 Å². The van der Waals surface area contributed by atoms with Crippen molar-refractivity contribution in [3.05, 3.63) is 53.6 Å². The highest BCUT2D eigenvalue weighted by molar-refractivity contribution is 6.18. The molecule has 0 aliphatic carbocycles. The first kappa shape index (κ1) is 27.0. The monoisotopic (exact) mass is 547 g/mol. The van der Waals surface area contributed by atoms with Gasteiger partial charge in [0.25, 0.3) is 11.8 Å². The van der Waals surface area contributed by atoms with Crippen molar-refractivity contribution < 1.29 is 33.4 Å². The van der Waals surface area contributed by atoms with Crippen LogP contribution in [0.3, 0.4) is 0 Å². The number of nitrogens with zero attached hydrogens (tertiary/aromatic N) is 5. The second kappa shape index (κ2) is 9.24. The number of hydrogen-bond donors (Lipinski definition) is 0. The zero-order valence-corrected chi connectivity index (χ0v) is 23.0. The molecule has 0 unspecified atom stereocenters. The van der Waals surface area contributed by atoms with E-state index in [1.54, 1.807) is 49.2 Å². The second-order valence-electron chi connectivity index (χ2n) is 10.4. The molecule has 12 heteroatoms. The lowest BCUT2D eigenvalue weighted by molar-refractivity contribution is -0.166. The Hall–Kier alpha value is -4.63. The molecule has 3 aliphatic rings. The van der Waals surface area contributed by atoms with Gasteiger partial charge in [0.15, 0.2) is 0 Å². The van der Waals surface area contributed by atoms with Crippen molar-refractivity contribution in [3.8, 4) is 23.3 Å². The number of nitriles is 1. The Kier molecular flexibility index (Phi) is 6.22. The zero-order valence-electron chi connectivity index (χ0n) is 23.0. The summed E-state index contributed by atoms with van der Waals surface area (Å²) >= 11 is 0. The minimum atomic E-state index is -2.29. The number of benzene rings is 2. The van der Waals surface area contributed by atoms with Gasteiger partial charge in [0.2, 0.25) is 11.6 Å². The van der Waals surface area contributed by atoms with Gasteiger partial charge in [-0.05, 0) is 26.0 Å². The summed E-state index contributed by atoms with van der Waals surface area (Å²) in [5.74, 6) is -2.64. The van der Waals surface area contributed by atoms with Crippen LogP contribution in [0.4, 0.5) is 4.79 Å². The number of carbonyl (C=O) groups excluding carboxylic acids is 4. The smallest absolute Gasteiger partial charge is 0.336 e. The van der Waals surface area contributed by atoms with Crippen LogP contribution >= 0.6 is 0 Å². The molecule has 3 fully saturated rings. The minimum Gasteiger partial charge on any atom is -0.496 e. The van der Waals surface area contributed by atoms with Crippen molar-refractivity contribution in [2.45, 2.75) is 37.5 Å². The normalized spacial score (nSPS) is 25.4. The predicted molar refractivity (Wildman–Crippen MR) is 139 cm³/mol.